The van der Waals surface area contributed by atoms with Crippen LogP contribution in [0.2, 0.25) is 0 Å². The third kappa shape index (κ3) is 3.35. The van der Waals surface area contributed by atoms with Gasteiger partial charge in [-0.3, -0.25) is 4.57 Å². The highest BCUT2D eigenvalue weighted by atomic mass is 16.3. The number of fused-ring (bicyclic) bond motifs is 4. The second-order valence-corrected chi connectivity index (χ2v) is 10.4. The van der Waals surface area contributed by atoms with Crippen LogP contribution in [-0.4, -0.2) is 14.5 Å². The largest absolute Gasteiger partial charge is 0.437 e. The summed E-state index contributed by atoms with van der Waals surface area (Å²) in [5, 5.41) is 2.15. The van der Waals surface area contributed by atoms with Crippen molar-refractivity contribution in [3.8, 4) is 17.1 Å². The summed E-state index contributed by atoms with van der Waals surface area (Å²) in [6.07, 6.45) is 0. The highest BCUT2D eigenvalue weighted by Crippen LogP contribution is 2.41. The van der Waals surface area contributed by atoms with Crippen LogP contribution >= 0.6 is 0 Å². The topological polar surface area (TPSA) is 43.9 Å². The quantitative estimate of drug-likeness (QED) is 0.257. The Labute approximate surface area is 211 Å². The van der Waals surface area contributed by atoms with E-state index in [9.17, 15) is 0 Å². The van der Waals surface area contributed by atoms with E-state index in [-0.39, 0.29) is 0 Å². The fourth-order valence-corrected chi connectivity index (χ4v) is 5.40. The van der Waals surface area contributed by atoms with Gasteiger partial charge in [0.25, 0.3) is 0 Å². The smallest absolute Gasteiger partial charge is 0.227 e. The molecule has 180 valence electrons. The van der Waals surface area contributed by atoms with Crippen molar-refractivity contribution in [1.29, 1.82) is 0 Å². The maximum absolute atomic E-state index is 6.48. The van der Waals surface area contributed by atoms with Crippen molar-refractivity contribution in [1.82, 2.24) is 14.5 Å². The molecule has 0 atom stereocenters. The molecule has 0 fully saturated rings. The van der Waals surface area contributed by atoms with Gasteiger partial charge in [0.1, 0.15) is 11.4 Å². The zero-order valence-corrected chi connectivity index (χ0v) is 21.8. The Morgan fingerprint density at radius 1 is 0.750 bits per heavy atom. The summed E-state index contributed by atoms with van der Waals surface area (Å²) in [7, 11) is 0. The van der Waals surface area contributed by atoms with E-state index >= 15 is 0 Å². The molecule has 6 rings (SSSR count). The molecule has 0 aliphatic rings. The van der Waals surface area contributed by atoms with Gasteiger partial charge in [0.05, 0.1) is 22.3 Å². The first-order valence-electron chi connectivity index (χ1n) is 12.8. The molecule has 0 N–H and O–H groups in total. The minimum atomic E-state index is 0.365. The van der Waals surface area contributed by atoms with Crippen LogP contribution in [0.15, 0.2) is 71.1 Å². The third-order valence-electron chi connectivity index (χ3n) is 7.20. The lowest BCUT2D eigenvalue weighted by Gasteiger charge is -2.22. The summed E-state index contributed by atoms with van der Waals surface area (Å²) in [6, 6.07) is 23.6. The van der Waals surface area contributed by atoms with Crippen molar-refractivity contribution in [3.05, 3.63) is 89.1 Å². The number of nitrogens with zero attached hydrogens (tertiary/aromatic N) is 3. The number of pyridine rings is 1. The van der Waals surface area contributed by atoms with Crippen LogP contribution < -0.4 is 0 Å². The highest BCUT2D eigenvalue weighted by molar-refractivity contribution is 6.10. The van der Waals surface area contributed by atoms with Gasteiger partial charge in [-0.05, 0) is 72.7 Å². The molecular formula is C32H31N3O. The molecule has 3 aromatic heterocycles. The van der Waals surface area contributed by atoms with E-state index in [1.54, 1.807) is 0 Å². The molecule has 3 aromatic carbocycles. The van der Waals surface area contributed by atoms with E-state index in [0.29, 0.717) is 17.5 Å². The Bertz CT molecular complexity index is 1740. The highest BCUT2D eigenvalue weighted by Gasteiger charge is 2.24. The van der Waals surface area contributed by atoms with Crippen molar-refractivity contribution in [2.45, 2.75) is 53.4 Å². The lowest BCUT2D eigenvalue weighted by Crippen LogP contribution is -2.08. The fraction of sp³-hybridized carbons (Fsp3) is 0.250. The number of hydrogen-bond acceptors (Lipinski definition) is 3. The molecule has 0 aliphatic heterocycles. The van der Waals surface area contributed by atoms with Crippen LogP contribution in [-0.2, 0) is 0 Å². The van der Waals surface area contributed by atoms with Crippen molar-refractivity contribution in [2.75, 3.05) is 0 Å². The summed E-state index contributed by atoms with van der Waals surface area (Å²) >= 11 is 0. The number of imidazole rings is 1. The second kappa shape index (κ2) is 8.34. The van der Waals surface area contributed by atoms with Gasteiger partial charge in [-0.1, -0.05) is 64.1 Å². The maximum Gasteiger partial charge on any atom is 0.227 e. The predicted octanol–water partition coefficient (Wildman–Crippen LogP) is 8.85. The van der Waals surface area contributed by atoms with Gasteiger partial charge in [0.15, 0.2) is 0 Å². The number of benzene rings is 3. The van der Waals surface area contributed by atoms with Gasteiger partial charge >= 0.3 is 0 Å². The Hall–Kier alpha value is -3.92. The number of hydrogen-bond donors (Lipinski definition) is 0. The molecule has 3 heterocycles. The normalized spacial score (nSPS) is 12.1. The number of para-hydroxylation sites is 3. The second-order valence-electron chi connectivity index (χ2n) is 10.4. The molecule has 0 unspecified atom stereocenters. The van der Waals surface area contributed by atoms with Gasteiger partial charge in [-0.15, -0.1) is 0 Å². The Balaban J connectivity index is 1.78. The lowest BCUT2D eigenvalue weighted by atomic mass is 9.92. The summed E-state index contributed by atoms with van der Waals surface area (Å²) in [4.78, 5) is 9.90. The number of aromatic nitrogens is 3. The van der Waals surface area contributed by atoms with E-state index in [0.717, 1.165) is 44.5 Å². The van der Waals surface area contributed by atoms with Gasteiger partial charge in [0, 0.05) is 16.5 Å². The van der Waals surface area contributed by atoms with Crippen molar-refractivity contribution >= 4 is 33.1 Å². The van der Waals surface area contributed by atoms with E-state index in [2.05, 4.69) is 99.8 Å². The Kier molecular flexibility index (Phi) is 5.22. The summed E-state index contributed by atoms with van der Waals surface area (Å²) in [5.74, 6) is 1.63. The molecule has 4 heteroatoms. The SMILES string of the molecule is Cc1ccc2c(n1)oc1c(-c3nc4ccccc4n3-c3c(C(C)C)cccc3C(C)C)ccc(C)c12. The van der Waals surface area contributed by atoms with Gasteiger partial charge in [-0.2, -0.15) is 0 Å². The zero-order valence-electron chi connectivity index (χ0n) is 21.8. The lowest BCUT2D eigenvalue weighted by molar-refractivity contribution is 0.653. The van der Waals surface area contributed by atoms with E-state index < -0.39 is 0 Å². The van der Waals surface area contributed by atoms with Crippen LogP contribution in [0.3, 0.4) is 0 Å². The van der Waals surface area contributed by atoms with Crippen molar-refractivity contribution in [2.24, 2.45) is 0 Å². The van der Waals surface area contributed by atoms with Crippen LogP contribution in [0.4, 0.5) is 0 Å². The monoisotopic (exact) mass is 473 g/mol. The standard InChI is InChI=1S/C32H31N3O/c1-18(2)22-10-9-11-23(19(3)4)29(22)35-27-13-8-7-12-26(27)34-31(35)25-16-14-20(5)28-24-17-15-21(6)33-32(24)36-30(25)28/h7-19H,1-6H3. The van der Waals surface area contributed by atoms with Crippen LogP contribution in [0.1, 0.15) is 61.9 Å². The van der Waals surface area contributed by atoms with Crippen molar-refractivity contribution < 1.29 is 4.42 Å². The molecule has 0 saturated heterocycles. The van der Waals surface area contributed by atoms with Gasteiger partial charge in [-0.25, -0.2) is 9.97 Å². The third-order valence-corrected chi connectivity index (χ3v) is 7.20. The minimum Gasteiger partial charge on any atom is -0.437 e. The van der Waals surface area contributed by atoms with Crippen LogP contribution in [0.25, 0.3) is 50.2 Å². The fourth-order valence-electron chi connectivity index (χ4n) is 5.40. The average molecular weight is 474 g/mol. The molecule has 4 nitrogen and oxygen atoms in total. The molecule has 0 spiro atoms. The summed E-state index contributed by atoms with van der Waals surface area (Å²) in [6.45, 7) is 13.2. The predicted molar refractivity (Wildman–Crippen MR) is 149 cm³/mol. The summed E-state index contributed by atoms with van der Waals surface area (Å²) < 4.78 is 8.83. The first-order valence-corrected chi connectivity index (χ1v) is 12.8. The first kappa shape index (κ1) is 22.5. The maximum atomic E-state index is 6.48. The summed E-state index contributed by atoms with van der Waals surface area (Å²) in [5.41, 5.74) is 10.5. The molecule has 6 aromatic rings. The zero-order chi connectivity index (χ0) is 25.1. The van der Waals surface area contributed by atoms with Crippen LogP contribution in [0.5, 0.6) is 0 Å². The number of rotatable bonds is 4. The van der Waals surface area contributed by atoms with Crippen LogP contribution in [0, 0.1) is 13.8 Å². The molecule has 0 bridgehead atoms. The Morgan fingerprint density at radius 3 is 2.19 bits per heavy atom. The molecule has 0 radical (unpaired) electrons. The number of furan rings is 1. The van der Waals surface area contributed by atoms with E-state index in [1.165, 1.54) is 22.4 Å². The first-order chi connectivity index (χ1) is 17.3. The molecule has 0 amide bonds. The van der Waals surface area contributed by atoms with E-state index in [4.69, 9.17) is 14.4 Å². The molecule has 0 saturated carbocycles. The van der Waals surface area contributed by atoms with Gasteiger partial charge in [0.2, 0.25) is 5.71 Å². The molecule has 36 heavy (non-hydrogen) atoms. The van der Waals surface area contributed by atoms with Gasteiger partial charge < -0.3 is 4.42 Å². The molecular weight excluding hydrogens is 442 g/mol. The van der Waals surface area contributed by atoms with E-state index in [1.807, 2.05) is 13.0 Å². The average Bonchev–Trinajstić information content (AvgIpc) is 3.42. The van der Waals surface area contributed by atoms with Crippen molar-refractivity contribution in [3.63, 3.8) is 0 Å². The minimum absolute atomic E-state index is 0.365. The Morgan fingerprint density at radius 2 is 1.47 bits per heavy atom. The molecule has 0 aliphatic carbocycles. The number of aryl methyl sites for hydroxylation is 2.